The predicted octanol–water partition coefficient (Wildman–Crippen LogP) is 1.64. The lowest BCUT2D eigenvalue weighted by Gasteiger charge is -2.08. The fourth-order valence-corrected chi connectivity index (χ4v) is 1.23. The number of carboxylic acids is 1. The Morgan fingerprint density at radius 3 is 2.54 bits per heavy atom. The molecule has 0 fully saturated rings. The minimum Gasteiger partial charge on any atom is -0.508 e. The van der Waals surface area contributed by atoms with Crippen LogP contribution in [0.3, 0.4) is 0 Å². The van der Waals surface area contributed by atoms with Gasteiger partial charge in [0.05, 0.1) is 6.42 Å². The monoisotopic (exact) mass is 180 g/mol. The van der Waals surface area contributed by atoms with Crippen LogP contribution in [0.5, 0.6) is 5.75 Å². The van der Waals surface area contributed by atoms with E-state index in [-0.39, 0.29) is 12.2 Å². The SMILES string of the molecule is Cc1ccc(O)c(CC(=O)O)c1C. The highest BCUT2D eigenvalue weighted by Crippen LogP contribution is 2.23. The molecule has 70 valence electrons. The molecule has 0 aliphatic carbocycles. The van der Waals surface area contributed by atoms with Crippen molar-refractivity contribution in [2.24, 2.45) is 0 Å². The van der Waals surface area contributed by atoms with Gasteiger partial charge in [0.25, 0.3) is 0 Å². The van der Waals surface area contributed by atoms with E-state index < -0.39 is 5.97 Å². The molecule has 0 radical (unpaired) electrons. The lowest BCUT2D eigenvalue weighted by atomic mass is 10.00. The molecule has 1 rings (SSSR count). The highest BCUT2D eigenvalue weighted by molar-refractivity contribution is 5.72. The van der Waals surface area contributed by atoms with E-state index in [1.807, 2.05) is 13.8 Å². The van der Waals surface area contributed by atoms with Crippen molar-refractivity contribution in [1.29, 1.82) is 0 Å². The van der Waals surface area contributed by atoms with E-state index in [9.17, 15) is 9.90 Å². The van der Waals surface area contributed by atoms with E-state index in [0.29, 0.717) is 5.56 Å². The fourth-order valence-electron chi connectivity index (χ4n) is 1.23. The Kier molecular flexibility index (Phi) is 2.56. The summed E-state index contributed by atoms with van der Waals surface area (Å²) < 4.78 is 0. The van der Waals surface area contributed by atoms with Crippen molar-refractivity contribution >= 4 is 5.97 Å². The lowest BCUT2D eigenvalue weighted by Crippen LogP contribution is -2.03. The maximum atomic E-state index is 10.5. The molecule has 0 atom stereocenters. The number of hydrogen-bond donors (Lipinski definition) is 2. The fraction of sp³-hybridized carbons (Fsp3) is 0.300. The zero-order valence-electron chi connectivity index (χ0n) is 7.66. The van der Waals surface area contributed by atoms with Gasteiger partial charge in [-0.3, -0.25) is 4.79 Å². The van der Waals surface area contributed by atoms with Crippen LogP contribution in [-0.2, 0) is 11.2 Å². The Morgan fingerprint density at radius 1 is 1.38 bits per heavy atom. The van der Waals surface area contributed by atoms with Crippen molar-refractivity contribution in [3.63, 3.8) is 0 Å². The van der Waals surface area contributed by atoms with E-state index in [1.165, 1.54) is 6.07 Å². The van der Waals surface area contributed by atoms with Gasteiger partial charge in [-0.25, -0.2) is 0 Å². The van der Waals surface area contributed by atoms with Gasteiger partial charge in [-0.2, -0.15) is 0 Å². The summed E-state index contributed by atoms with van der Waals surface area (Å²) in [4.78, 5) is 10.5. The number of rotatable bonds is 2. The van der Waals surface area contributed by atoms with Crippen LogP contribution in [0.4, 0.5) is 0 Å². The first kappa shape index (κ1) is 9.58. The van der Waals surface area contributed by atoms with E-state index in [4.69, 9.17) is 5.11 Å². The van der Waals surface area contributed by atoms with E-state index in [0.717, 1.165) is 11.1 Å². The summed E-state index contributed by atoms with van der Waals surface area (Å²) in [5.74, 6) is -0.866. The number of carbonyl (C=O) groups is 1. The second kappa shape index (κ2) is 3.47. The standard InChI is InChI=1S/C10H12O3/c1-6-3-4-9(11)8(7(6)2)5-10(12)13/h3-4,11H,5H2,1-2H3,(H,12,13). The molecule has 1 aromatic rings. The summed E-state index contributed by atoms with van der Waals surface area (Å²) >= 11 is 0. The number of aryl methyl sites for hydroxylation is 1. The molecule has 0 saturated carbocycles. The Hall–Kier alpha value is -1.51. The van der Waals surface area contributed by atoms with E-state index in [2.05, 4.69) is 0 Å². The van der Waals surface area contributed by atoms with Gasteiger partial charge in [-0.15, -0.1) is 0 Å². The molecule has 0 heterocycles. The van der Waals surface area contributed by atoms with Crippen LogP contribution in [0.1, 0.15) is 16.7 Å². The van der Waals surface area contributed by atoms with E-state index in [1.54, 1.807) is 6.07 Å². The van der Waals surface area contributed by atoms with Gasteiger partial charge in [0.1, 0.15) is 5.75 Å². The third-order valence-electron chi connectivity index (χ3n) is 2.17. The summed E-state index contributed by atoms with van der Waals surface area (Å²) in [7, 11) is 0. The minimum atomic E-state index is -0.927. The molecular formula is C10H12O3. The average molecular weight is 180 g/mol. The first-order chi connectivity index (χ1) is 6.02. The van der Waals surface area contributed by atoms with Crippen LogP contribution >= 0.6 is 0 Å². The number of aliphatic carboxylic acids is 1. The van der Waals surface area contributed by atoms with Crippen molar-refractivity contribution in [3.05, 3.63) is 28.8 Å². The summed E-state index contributed by atoms with van der Waals surface area (Å²) in [5, 5.41) is 18.0. The van der Waals surface area contributed by atoms with Crippen molar-refractivity contribution < 1.29 is 15.0 Å². The number of carboxylic acid groups (broad SMARTS) is 1. The normalized spacial score (nSPS) is 10.0. The van der Waals surface area contributed by atoms with Gasteiger partial charge in [-0.05, 0) is 31.0 Å². The molecular weight excluding hydrogens is 168 g/mol. The summed E-state index contributed by atoms with van der Waals surface area (Å²) in [6.45, 7) is 3.70. The molecule has 0 aliphatic rings. The molecule has 0 unspecified atom stereocenters. The van der Waals surface area contributed by atoms with Crippen molar-refractivity contribution in [1.82, 2.24) is 0 Å². The third-order valence-corrected chi connectivity index (χ3v) is 2.17. The molecule has 0 saturated heterocycles. The Labute approximate surface area is 76.6 Å². The quantitative estimate of drug-likeness (QED) is 0.727. The molecule has 3 heteroatoms. The van der Waals surface area contributed by atoms with Crippen LogP contribution in [0.2, 0.25) is 0 Å². The number of aromatic hydroxyl groups is 1. The molecule has 0 amide bonds. The lowest BCUT2D eigenvalue weighted by molar-refractivity contribution is -0.136. The second-order valence-corrected chi connectivity index (χ2v) is 3.08. The Bertz CT molecular complexity index is 342. The Balaban J connectivity index is 3.17. The predicted molar refractivity (Wildman–Crippen MR) is 48.9 cm³/mol. The molecule has 1 aromatic carbocycles. The first-order valence-electron chi connectivity index (χ1n) is 4.02. The van der Waals surface area contributed by atoms with Crippen LogP contribution in [0.25, 0.3) is 0 Å². The maximum absolute atomic E-state index is 10.5. The van der Waals surface area contributed by atoms with Gasteiger partial charge >= 0.3 is 5.97 Å². The molecule has 13 heavy (non-hydrogen) atoms. The van der Waals surface area contributed by atoms with Crippen molar-refractivity contribution in [2.75, 3.05) is 0 Å². The van der Waals surface area contributed by atoms with Gasteiger partial charge < -0.3 is 10.2 Å². The van der Waals surface area contributed by atoms with Crippen LogP contribution < -0.4 is 0 Å². The van der Waals surface area contributed by atoms with Crippen molar-refractivity contribution in [2.45, 2.75) is 20.3 Å². The largest absolute Gasteiger partial charge is 0.508 e. The molecule has 0 aromatic heterocycles. The zero-order valence-corrected chi connectivity index (χ0v) is 7.66. The minimum absolute atomic E-state index is 0.0606. The van der Waals surface area contributed by atoms with Gasteiger partial charge in [0.2, 0.25) is 0 Å². The highest BCUT2D eigenvalue weighted by atomic mass is 16.4. The third kappa shape index (κ3) is 1.99. The van der Waals surface area contributed by atoms with E-state index >= 15 is 0 Å². The van der Waals surface area contributed by atoms with Gasteiger partial charge in [-0.1, -0.05) is 6.07 Å². The second-order valence-electron chi connectivity index (χ2n) is 3.08. The number of hydrogen-bond acceptors (Lipinski definition) is 2. The highest BCUT2D eigenvalue weighted by Gasteiger charge is 2.10. The summed E-state index contributed by atoms with van der Waals surface area (Å²) in [6, 6.07) is 3.30. The molecule has 0 aliphatic heterocycles. The van der Waals surface area contributed by atoms with Crippen LogP contribution in [-0.4, -0.2) is 16.2 Å². The average Bonchev–Trinajstić information content (AvgIpc) is 2.05. The van der Waals surface area contributed by atoms with Crippen LogP contribution in [0, 0.1) is 13.8 Å². The zero-order chi connectivity index (χ0) is 10.0. The topological polar surface area (TPSA) is 57.5 Å². The first-order valence-corrected chi connectivity index (χ1v) is 4.02. The summed E-state index contributed by atoms with van der Waals surface area (Å²) in [6.07, 6.45) is -0.126. The molecule has 2 N–H and O–H groups in total. The molecule has 3 nitrogen and oxygen atoms in total. The van der Waals surface area contributed by atoms with Gasteiger partial charge in [0.15, 0.2) is 0 Å². The maximum Gasteiger partial charge on any atom is 0.307 e. The molecule has 0 spiro atoms. The van der Waals surface area contributed by atoms with Crippen molar-refractivity contribution in [3.8, 4) is 5.75 Å². The number of benzene rings is 1. The summed E-state index contributed by atoms with van der Waals surface area (Å²) in [5.41, 5.74) is 2.35. The van der Waals surface area contributed by atoms with Crippen LogP contribution in [0.15, 0.2) is 12.1 Å². The van der Waals surface area contributed by atoms with Gasteiger partial charge in [0, 0.05) is 5.56 Å². The Morgan fingerprint density at radius 2 is 2.00 bits per heavy atom. The molecule has 0 bridgehead atoms. The smallest absolute Gasteiger partial charge is 0.307 e. The number of phenols is 1. The number of phenolic OH excluding ortho intramolecular Hbond substituents is 1.